The number of hydrogen-bond donors (Lipinski definition) is 1. The summed E-state index contributed by atoms with van der Waals surface area (Å²) in [6.45, 7) is 1.83. The summed E-state index contributed by atoms with van der Waals surface area (Å²) in [6, 6.07) is 10.4. The van der Waals surface area contributed by atoms with Crippen LogP contribution in [0.2, 0.25) is 0 Å². The van der Waals surface area contributed by atoms with Crippen molar-refractivity contribution in [2.24, 2.45) is 0 Å². The van der Waals surface area contributed by atoms with Crippen molar-refractivity contribution >= 4 is 10.9 Å². The van der Waals surface area contributed by atoms with Gasteiger partial charge in [-0.05, 0) is 18.7 Å². The highest BCUT2D eigenvalue weighted by molar-refractivity contribution is 5.82. The van der Waals surface area contributed by atoms with E-state index in [1.807, 2.05) is 19.3 Å². The van der Waals surface area contributed by atoms with E-state index < -0.39 is 0 Å². The van der Waals surface area contributed by atoms with E-state index in [0.717, 1.165) is 16.5 Å². The lowest BCUT2D eigenvalue weighted by molar-refractivity contribution is 0.0598. The van der Waals surface area contributed by atoms with Crippen molar-refractivity contribution in [3.05, 3.63) is 42.1 Å². The number of hydrogen-bond acceptors (Lipinski definition) is 4. The molecule has 1 unspecified atom stereocenters. The minimum absolute atomic E-state index is 0.135. The Balaban J connectivity index is 2.16. The van der Waals surface area contributed by atoms with Crippen LogP contribution in [0, 0.1) is 0 Å². The van der Waals surface area contributed by atoms with E-state index in [0.29, 0.717) is 19.8 Å². The summed E-state index contributed by atoms with van der Waals surface area (Å²) < 4.78 is 10.6. The molecule has 4 heteroatoms. The van der Waals surface area contributed by atoms with Crippen LogP contribution in [0.25, 0.3) is 10.9 Å². The van der Waals surface area contributed by atoms with Crippen LogP contribution in [0.3, 0.4) is 0 Å². The highest BCUT2D eigenvalue weighted by atomic mass is 16.5. The highest BCUT2D eigenvalue weighted by Gasteiger charge is 2.13. The highest BCUT2D eigenvalue weighted by Crippen LogP contribution is 2.22. The van der Waals surface area contributed by atoms with Crippen LogP contribution in [-0.4, -0.2) is 39.0 Å². The Labute approximate surface area is 113 Å². The molecule has 19 heavy (non-hydrogen) atoms. The SMILES string of the molecule is CNC(COCCOC)c1cccc2cccnc12. The van der Waals surface area contributed by atoms with E-state index in [-0.39, 0.29) is 6.04 Å². The Morgan fingerprint density at radius 1 is 1.21 bits per heavy atom. The number of aromatic nitrogens is 1. The van der Waals surface area contributed by atoms with Crippen molar-refractivity contribution in [1.82, 2.24) is 10.3 Å². The molecule has 1 N–H and O–H groups in total. The minimum atomic E-state index is 0.135. The Hall–Kier alpha value is -1.49. The molecule has 1 heterocycles. The summed E-state index contributed by atoms with van der Waals surface area (Å²) in [4.78, 5) is 4.47. The lowest BCUT2D eigenvalue weighted by atomic mass is 10.0. The third kappa shape index (κ3) is 3.50. The predicted octanol–water partition coefficient (Wildman–Crippen LogP) is 2.16. The van der Waals surface area contributed by atoms with Crippen LogP contribution in [0.15, 0.2) is 36.5 Å². The molecule has 2 rings (SSSR count). The van der Waals surface area contributed by atoms with Crippen molar-refractivity contribution in [3.8, 4) is 0 Å². The number of nitrogens with zero attached hydrogens (tertiary/aromatic N) is 1. The van der Waals surface area contributed by atoms with E-state index in [2.05, 4.69) is 34.6 Å². The molecule has 4 nitrogen and oxygen atoms in total. The van der Waals surface area contributed by atoms with Crippen molar-refractivity contribution in [2.45, 2.75) is 6.04 Å². The van der Waals surface area contributed by atoms with E-state index in [9.17, 15) is 0 Å². The normalized spacial score (nSPS) is 12.7. The Kier molecular flexibility index (Phi) is 5.27. The zero-order valence-corrected chi connectivity index (χ0v) is 11.4. The molecule has 0 spiro atoms. The average Bonchev–Trinajstić information content (AvgIpc) is 2.47. The lowest BCUT2D eigenvalue weighted by Crippen LogP contribution is -2.23. The third-order valence-electron chi connectivity index (χ3n) is 3.10. The van der Waals surface area contributed by atoms with Crippen LogP contribution < -0.4 is 5.32 Å². The standard InChI is InChI=1S/C15H20N2O2/c1-16-14(11-19-10-9-18-2)13-7-3-5-12-6-4-8-17-15(12)13/h3-8,14,16H,9-11H2,1-2H3. The predicted molar refractivity (Wildman–Crippen MR) is 76.2 cm³/mol. The van der Waals surface area contributed by atoms with Gasteiger partial charge in [0.1, 0.15) is 0 Å². The molecule has 0 saturated heterocycles. The van der Waals surface area contributed by atoms with Gasteiger partial charge in [-0.2, -0.15) is 0 Å². The Morgan fingerprint density at radius 3 is 2.84 bits per heavy atom. The van der Waals surface area contributed by atoms with Crippen LogP contribution in [0.4, 0.5) is 0 Å². The number of fused-ring (bicyclic) bond motifs is 1. The van der Waals surface area contributed by atoms with Gasteiger partial charge in [0.2, 0.25) is 0 Å². The van der Waals surface area contributed by atoms with Gasteiger partial charge in [-0.1, -0.05) is 24.3 Å². The fraction of sp³-hybridized carbons (Fsp3) is 0.400. The fourth-order valence-corrected chi connectivity index (χ4v) is 2.08. The summed E-state index contributed by atoms with van der Waals surface area (Å²) in [6.07, 6.45) is 1.82. The molecule has 1 aromatic heterocycles. The number of nitrogens with one attached hydrogen (secondary N) is 1. The van der Waals surface area contributed by atoms with Crippen LogP contribution in [0.5, 0.6) is 0 Å². The quantitative estimate of drug-likeness (QED) is 0.775. The number of ether oxygens (including phenoxy) is 2. The Bertz CT molecular complexity index is 511. The second kappa shape index (κ2) is 7.19. The van der Waals surface area contributed by atoms with Crippen molar-refractivity contribution in [1.29, 1.82) is 0 Å². The molecule has 0 fully saturated rings. The number of pyridine rings is 1. The average molecular weight is 260 g/mol. The van der Waals surface area contributed by atoms with Gasteiger partial charge in [0, 0.05) is 18.7 Å². The molecule has 2 aromatic rings. The first kappa shape index (κ1) is 13.9. The maximum Gasteiger partial charge on any atom is 0.0750 e. The maximum atomic E-state index is 5.62. The summed E-state index contributed by atoms with van der Waals surface area (Å²) >= 11 is 0. The number of likely N-dealkylation sites (N-methyl/N-ethyl adjacent to an activating group) is 1. The van der Waals surface area contributed by atoms with E-state index >= 15 is 0 Å². The topological polar surface area (TPSA) is 43.4 Å². The smallest absolute Gasteiger partial charge is 0.0750 e. The second-order valence-corrected chi connectivity index (χ2v) is 4.33. The van der Waals surface area contributed by atoms with E-state index in [4.69, 9.17) is 9.47 Å². The summed E-state index contributed by atoms with van der Waals surface area (Å²) in [7, 11) is 3.61. The van der Waals surface area contributed by atoms with Crippen LogP contribution in [0.1, 0.15) is 11.6 Å². The van der Waals surface area contributed by atoms with Crippen LogP contribution >= 0.6 is 0 Å². The zero-order valence-electron chi connectivity index (χ0n) is 11.4. The van der Waals surface area contributed by atoms with Gasteiger partial charge in [0.15, 0.2) is 0 Å². The molecule has 0 aliphatic rings. The first-order valence-electron chi connectivity index (χ1n) is 6.44. The molecular formula is C15H20N2O2. The summed E-state index contributed by atoms with van der Waals surface area (Å²) in [5.41, 5.74) is 2.19. The van der Waals surface area contributed by atoms with Gasteiger partial charge in [-0.15, -0.1) is 0 Å². The van der Waals surface area contributed by atoms with Crippen molar-refractivity contribution in [2.75, 3.05) is 34.0 Å². The fourth-order valence-electron chi connectivity index (χ4n) is 2.08. The van der Waals surface area contributed by atoms with E-state index in [1.54, 1.807) is 7.11 Å². The first-order chi connectivity index (χ1) is 9.36. The van der Waals surface area contributed by atoms with Gasteiger partial charge < -0.3 is 14.8 Å². The molecule has 1 atom stereocenters. The molecular weight excluding hydrogens is 240 g/mol. The molecule has 102 valence electrons. The minimum Gasteiger partial charge on any atom is -0.382 e. The number of rotatable bonds is 7. The van der Waals surface area contributed by atoms with Crippen molar-refractivity contribution in [3.63, 3.8) is 0 Å². The van der Waals surface area contributed by atoms with Gasteiger partial charge in [0.05, 0.1) is 31.4 Å². The molecule has 0 bridgehead atoms. The summed E-state index contributed by atoms with van der Waals surface area (Å²) in [5.74, 6) is 0. The van der Waals surface area contributed by atoms with Gasteiger partial charge in [0.25, 0.3) is 0 Å². The van der Waals surface area contributed by atoms with Gasteiger partial charge in [-0.25, -0.2) is 0 Å². The lowest BCUT2D eigenvalue weighted by Gasteiger charge is -2.18. The molecule has 0 amide bonds. The first-order valence-corrected chi connectivity index (χ1v) is 6.44. The number of methoxy groups -OCH3 is 1. The maximum absolute atomic E-state index is 5.62. The summed E-state index contributed by atoms with van der Waals surface area (Å²) in [5, 5.41) is 4.43. The largest absolute Gasteiger partial charge is 0.382 e. The number of para-hydroxylation sites is 1. The zero-order chi connectivity index (χ0) is 13.5. The van der Waals surface area contributed by atoms with E-state index in [1.165, 1.54) is 0 Å². The molecule has 0 aliphatic carbocycles. The second-order valence-electron chi connectivity index (χ2n) is 4.33. The monoisotopic (exact) mass is 260 g/mol. The molecule has 0 saturated carbocycles. The molecule has 1 aromatic carbocycles. The Morgan fingerprint density at radius 2 is 2.05 bits per heavy atom. The molecule has 0 radical (unpaired) electrons. The third-order valence-corrected chi connectivity index (χ3v) is 3.10. The number of benzene rings is 1. The van der Waals surface area contributed by atoms with Gasteiger partial charge >= 0.3 is 0 Å². The van der Waals surface area contributed by atoms with Crippen molar-refractivity contribution < 1.29 is 9.47 Å². The van der Waals surface area contributed by atoms with Crippen LogP contribution in [-0.2, 0) is 9.47 Å². The molecule has 0 aliphatic heterocycles. The van der Waals surface area contributed by atoms with Gasteiger partial charge in [-0.3, -0.25) is 4.98 Å².